The Bertz CT molecular complexity index is 1200. The van der Waals surface area contributed by atoms with Crippen molar-refractivity contribution in [3.63, 3.8) is 0 Å². The van der Waals surface area contributed by atoms with E-state index in [9.17, 15) is 19.2 Å². The van der Waals surface area contributed by atoms with E-state index in [0.717, 1.165) is 0 Å². The lowest BCUT2D eigenvalue weighted by molar-refractivity contribution is 0.0471. The molecule has 9 nitrogen and oxygen atoms in total. The monoisotopic (exact) mass is 472 g/mol. The molecule has 2 heterocycles. The second-order valence-electron chi connectivity index (χ2n) is 7.32. The van der Waals surface area contributed by atoms with Crippen molar-refractivity contribution >= 4 is 23.5 Å². The second kappa shape index (κ2) is 10.8. The molecule has 176 valence electrons. The molecule has 4 aromatic rings. The number of esters is 2. The van der Waals surface area contributed by atoms with Crippen molar-refractivity contribution in [1.82, 2.24) is 9.97 Å². The number of carbonyl (C=O) groups excluding carboxylic acids is 4. The highest BCUT2D eigenvalue weighted by Crippen LogP contribution is 2.22. The molecule has 0 saturated heterocycles. The highest BCUT2D eigenvalue weighted by Gasteiger charge is 2.14. The summed E-state index contributed by atoms with van der Waals surface area (Å²) in [6.07, 6.45) is 3.22. The number of ether oxygens (including phenoxy) is 3. The third-order valence-electron chi connectivity index (χ3n) is 4.88. The number of hydrogen-bond acceptors (Lipinski definition) is 7. The summed E-state index contributed by atoms with van der Waals surface area (Å²) in [5.74, 6) is -1.01. The summed E-state index contributed by atoms with van der Waals surface area (Å²) in [6.45, 7) is -0.737. The topological polar surface area (TPSA) is 128 Å². The first kappa shape index (κ1) is 23.2. The fourth-order valence-electron chi connectivity index (χ4n) is 3.05. The van der Waals surface area contributed by atoms with Crippen LogP contribution in [-0.2, 0) is 9.47 Å². The average molecular weight is 472 g/mol. The highest BCUT2D eigenvalue weighted by atomic mass is 16.5. The Kier molecular flexibility index (Phi) is 7.17. The normalized spacial score (nSPS) is 10.4. The van der Waals surface area contributed by atoms with E-state index < -0.39 is 11.9 Å². The molecule has 0 aliphatic heterocycles. The third-order valence-corrected chi connectivity index (χ3v) is 4.88. The number of hydrogen-bond donors (Lipinski definition) is 2. The maximum absolute atomic E-state index is 12.2. The number of rotatable bonds is 10. The summed E-state index contributed by atoms with van der Waals surface area (Å²) >= 11 is 0. The predicted octanol–water partition coefficient (Wildman–Crippen LogP) is 4.21. The largest absolute Gasteiger partial charge is 0.457 e. The van der Waals surface area contributed by atoms with E-state index >= 15 is 0 Å². The molecule has 35 heavy (non-hydrogen) atoms. The number of carbonyl (C=O) groups is 4. The molecule has 0 bridgehead atoms. The number of ketones is 2. The van der Waals surface area contributed by atoms with Gasteiger partial charge in [-0.15, -0.1) is 0 Å². The van der Waals surface area contributed by atoms with Crippen LogP contribution in [0.4, 0.5) is 0 Å². The lowest BCUT2D eigenvalue weighted by Crippen LogP contribution is -2.14. The summed E-state index contributed by atoms with van der Waals surface area (Å²) in [6, 6.07) is 19.0. The van der Waals surface area contributed by atoms with Gasteiger partial charge in [0.25, 0.3) is 0 Å². The summed E-state index contributed by atoms with van der Waals surface area (Å²) in [7, 11) is 0. The van der Waals surface area contributed by atoms with E-state index in [1.807, 2.05) is 0 Å². The van der Waals surface area contributed by atoms with Gasteiger partial charge in [-0.25, -0.2) is 9.59 Å². The first-order chi connectivity index (χ1) is 17.0. The van der Waals surface area contributed by atoms with Gasteiger partial charge in [0.05, 0.1) is 22.5 Å². The molecule has 0 radical (unpaired) electrons. The van der Waals surface area contributed by atoms with E-state index in [0.29, 0.717) is 22.9 Å². The molecule has 0 atom stereocenters. The zero-order chi connectivity index (χ0) is 24.6. The fourth-order valence-corrected chi connectivity index (χ4v) is 3.05. The van der Waals surface area contributed by atoms with Gasteiger partial charge in [0.2, 0.25) is 11.6 Å². The Labute approximate surface area is 199 Å². The molecule has 0 spiro atoms. The van der Waals surface area contributed by atoms with Crippen molar-refractivity contribution in [2.75, 3.05) is 13.2 Å². The molecule has 0 aliphatic carbocycles. The van der Waals surface area contributed by atoms with Crippen LogP contribution in [-0.4, -0.2) is 46.7 Å². The summed E-state index contributed by atoms with van der Waals surface area (Å²) < 4.78 is 15.8. The van der Waals surface area contributed by atoms with E-state index in [1.54, 1.807) is 60.9 Å². The van der Waals surface area contributed by atoms with Crippen LogP contribution in [0.3, 0.4) is 0 Å². The minimum absolute atomic E-state index is 0.267. The van der Waals surface area contributed by atoms with Gasteiger partial charge in [-0.05, 0) is 72.8 Å². The molecule has 0 amide bonds. The summed E-state index contributed by atoms with van der Waals surface area (Å²) in [5.41, 5.74) is 1.27. The van der Waals surface area contributed by atoms with E-state index in [4.69, 9.17) is 14.2 Å². The van der Waals surface area contributed by atoms with Gasteiger partial charge in [0.15, 0.2) is 13.2 Å². The van der Waals surface area contributed by atoms with E-state index in [-0.39, 0.29) is 35.9 Å². The van der Waals surface area contributed by atoms with Crippen LogP contribution in [0.1, 0.15) is 41.7 Å². The lowest BCUT2D eigenvalue weighted by Gasteiger charge is -2.08. The Morgan fingerprint density at radius 1 is 0.571 bits per heavy atom. The second-order valence-corrected chi connectivity index (χ2v) is 7.32. The minimum Gasteiger partial charge on any atom is -0.457 e. The quantitative estimate of drug-likeness (QED) is 0.261. The smallest absolute Gasteiger partial charge is 0.338 e. The van der Waals surface area contributed by atoms with Crippen molar-refractivity contribution in [1.29, 1.82) is 0 Å². The van der Waals surface area contributed by atoms with Crippen LogP contribution in [0, 0.1) is 0 Å². The molecule has 0 unspecified atom stereocenters. The Balaban J connectivity index is 1.26. The molecule has 0 aliphatic rings. The zero-order valence-electron chi connectivity index (χ0n) is 18.4. The number of H-pyrrole nitrogens is 2. The van der Waals surface area contributed by atoms with Gasteiger partial charge in [0.1, 0.15) is 11.5 Å². The number of benzene rings is 2. The molecule has 2 aromatic carbocycles. The molecule has 2 aromatic heterocycles. The molecule has 0 fully saturated rings. The molecule has 9 heteroatoms. The average Bonchev–Trinajstić information content (AvgIpc) is 3.61. The minimum atomic E-state index is -0.630. The van der Waals surface area contributed by atoms with Crippen LogP contribution in [0.5, 0.6) is 11.5 Å². The maximum atomic E-state index is 12.2. The van der Waals surface area contributed by atoms with Crippen LogP contribution >= 0.6 is 0 Å². The standard InChI is InChI=1S/C26H20N2O7/c29-23(21-3-1-13-27-21)15-33-25(31)17-5-9-19(10-6-17)35-20-11-7-18(8-12-20)26(32)34-16-24(30)22-4-2-14-28-22/h1-14,27-28H,15-16H2. The first-order valence-electron chi connectivity index (χ1n) is 10.5. The molecule has 4 rings (SSSR count). The SMILES string of the molecule is O=C(OCC(=O)c1ccc[nH]1)c1ccc(Oc2ccc(C(=O)OCC(=O)c3ccc[nH]3)cc2)cc1. The fraction of sp³-hybridized carbons (Fsp3) is 0.0769. The predicted molar refractivity (Wildman–Crippen MR) is 124 cm³/mol. The zero-order valence-corrected chi connectivity index (χ0v) is 18.4. The molecular weight excluding hydrogens is 452 g/mol. The maximum Gasteiger partial charge on any atom is 0.338 e. The Hall–Kier alpha value is -4.92. The third kappa shape index (κ3) is 6.11. The van der Waals surface area contributed by atoms with Gasteiger partial charge in [-0.3, -0.25) is 9.59 Å². The highest BCUT2D eigenvalue weighted by molar-refractivity contribution is 5.98. The van der Waals surface area contributed by atoms with Crippen LogP contribution < -0.4 is 4.74 Å². The van der Waals surface area contributed by atoms with Crippen LogP contribution in [0.2, 0.25) is 0 Å². The molecule has 2 N–H and O–H groups in total. The van der Waals surface area contributed by atoms with Crippen LogP contribution in [0.15, 0.2) is 85.2 Å². The van der Waals surface area contributed by atoms with Crippen LogP contribution in [0.25, 0.3) is 0 Å². The van der Waals surface area contributed by atoms with Crippen molar-refractivity contribution in [3.8, 4) is 11.5 Å². The Morgan fingerprint density at radius 2 is 0.971 bits per heavy atom. The lowest BCUT2D eigenvalue weighted by atomic mass is 10.2. The number of aromatic nitrogens is 2. The van der Waals surface area contributed by atoms with Crippen molar-refractivity contribution in [2.45, 2.75) is 0 Å². The number of aromatic amines is 2. The Morgan fingerprint density at radius 3 is 1.31 bits per heavy atom. The first-order valence-corrected chi connectivity index (χ1v) is 10.5. The van der Waals surface area contributed by atoms with Gasteiger partial charge in [0, 0.05) is 12.4 Å². The number of nitrogens with one attached hydrogen (secondary N) is 2. The van der Waals surface area contributed by atoms with Crippen molar-refractivity contribution in [2.24, 2.45) is 0 Å². The van der Waals surface area contributed by atoms with Gasteiger partial charge >= 0.3 is 11.9 Å². The molecular formula is C26H20N2O7. The van der Waals surface area contributed by atoms with Crippen molar-refractivity contribution in [3.05, 3.63) is 108 Å². The summed E-state index contributed by atoms with van der Waals surface area (Å²) in [4.78, 5) is 53.6. The van der Waals surface area contributed by atoms with Gasteiger partial charge in [-0.2, -0.15) is 0 Å². The van der Waals surface area contributed by atoms with E-state index in [1.165, 1.54) is 24.3 Å². The number of Topliss-reactive ketones (excluding diaryl/α,β-unsaturated/α-hetero) is 2. The van der Waals surface area contributed by atoms with E-state index in [2.05, 4.69) is 9.97 Å². The van der Waals surface area contributed by atoms with Gasteiger partial charge in [-0.1, -0.05) is 0 Å². The summed E-state index contributed by atoms with van der Waals surface area (Å²) in [5, 5.41) is 0. The van der Waals surface area contributed by atoms with Gasteiger partial charge < -0.3 is 24.2 Å². The molecule has 0 saturated carbocycles. The van der Waals surface area contributed by atoms with Crippen molar-refractivity contribution < 1.29 is 33.4 Å².